The molecule has 1 aromatic rings. The monoisotopic (exact) mass is 427 g/mol. The normalized spacial score (nSPS) is 24.2. The smallest absolute Gasteiger partial charge is 0.329 e. The zero-order valence-corrected chi connectivity index (χ0v) is 17.8. The molecule has 2 heterocycles. The highest BCUT2D eigenvalue weighted by Gasteiger charge is 2.51. The van der Waals surface area contributed by atoms with Crippen LogP contribution in [0, 0.1) is 11.8 Å². The summed E-state index contributed by atoms with van der Waals surface area (Å²) in [6.45, 7) is 3.09. The van der Waals surface area contributed by atoms with Crippen LogP contribution >= 0.6 is 0 Å². The minimum Gasteiger partial charge on any atom is -0.454 e. The molecule has 31 heavy (non-hydrogen) atoms. The first-order valence-electron chi connectivity index (χ1n) is 11.1. The molecule has 0 spiro atoms. The molecule has 3 fully saturated rings. The van der Waals surface area contributed by atoms with E-state index >= 15 is 0 Å². The van der Waals surface area contributed by atoms with Gasteiger partial charge in [-0.25, -0.2) is 4.79 Å². The number of hydrogen-bond donors (Lipinski definition) is 1. The summed E-state index contributed by atoms with van der Waals surface area (Å²) in [6.07, 6.45) is 5.60. The fourth-order valence-corrected chi connectivity index (χ4v) is 4.86. The predicted octanol–water partition coefficient (Wildman–Crippen LogP) is 2.33. The summed E-state index contributed by atoms with van der Waals surface area (Å²) >= 11 is 0. The van der Waals surface area contributed by atoms with Gasteiger partial charge in [0.2, 0.25) is 11.8 Å². The first kappa shape index (κ1) is 21.3. The Hall–Kier alpha value is -2.90. The Kier molecular flexibility index (Phi) is 6.25. The summed E-state index contributed by atoms with van der Waals surface area (Å²) in [5.41, 5.74) is 1.74. The minimum atomic E-state index is -1.03. The number of carbonyl (C=O) groups is 4. The largest absolute Gasteiger partial charge is 0.454 e. The molecule has 8 nitrogen and oxygen atoms in total. The van der Waals surface area contributed by atoms with E-state index in [1.54, 1.807) is 0 Å². The molecule has 2 aliphatic heterocycles. The number of imide groups is 1. The van der Waals surface area contributed by atoms with Gasteiger partial charge in [0.1, 0.15) is 6.04 Å². The molecule has 166 valence electrons. The Morgan fingerprint density at radius 1 is 1.00 bits per heavy atom. The van der Waals surface area contributed by atoms with Gasteiger partial charge >= 0.3 is 5.97 Å². The fourth-order valence-electron chi connectivity index (χ4n) is 4.86. The van der Waals surface area contributed by atoms with Crippen molar-refractivity contribution in [3.8, 4) is 0 Å². The summed E-state index contributed by atoms with van der Waals surface area (Å²) in [5, 5.41) is 2.70. The number of fused-ring (bicyclic) bond motifs is 1. The summed E-state index contributed by atoms with van der Waals surface area (Å²) in [5.74, 6) is -2.43. The van der Waals surface area contributed by atoms with Crippen molar-refractivity contribution in [3.05, 3.63) is 24.3 Å². The van der Waals surface area contributed by atoms with Gasteiger partial charge in [0.05, 0.1) is 11.8 Å². The van der Waals surface area contributed by atoms with E-state index in [0.29, 0.717) is 18.5 Å². The van der Waals surface area contributed by atoms with E-state index in [1.807, 2.05) is 24.3 Å². The molecule has 0 radical (unpaired) electrons. The number of nitrogens with zero attached hydrogens (tertiary/aromatic N) is 2. The second-order valence-corrected chi connectivity index (χ2v) is 8.62. The maximum Gasteiger partial charge on any atom is 0.329 e. The van der Waals surface area contributed by atoms with Crippen LogP contribution in [0.2, 0.25) is 0 Å². The van der Waals surface area contributed by atoms with Crippen LogP contribution in [0.4, 0.5) is 11.4 Å². The summed E-state index contributed by atoms with van der Waals surface area (Å²) in [6, 6.07) is 6.52. The van der Waals surface area contributed by atoms with Crippen molar-refractivity contribution in [1.82, 2.24) is 4.90 Å². The van der Waals surface area contributed by atoms with Crippen LogP contribution in [0.15, 0.2) is 24.3 Å². The Morgan fingerprint density at radius 3 is 2.16 bits per heavy atom. The number of anilines is 2. The predicted molar refractivity (Wildman–Crippen MR) is 114 cm³/mol. The van der Waals surface area contributed by atoms with Gasteiger partial charge in [-0.3, -0.25) is 19.3 Å². The van der Waals surface area contributed by atoms with Crippen molar-refractivity contribution >= 4 is 35.1 Å². The van der Waals surface area contributed by atoms with Crippen molar-refractivity contribution in [2.24, 2.45) is 11.8 Å². The quantitative estimate of drug-likeness (QED) is 0.553. The molecular weight excluding hydrogens is 398 g/mol. The Labute approximate surface area is 181 Å². The maximum absolute atomic E-state index is 12.6. The van der Waals surface area contributed by atoms with Gasteiger partial charge in [-0.05, 0) is 56.9 Å². The van der Waals surface area contributed by atoms with Crippen molar-refractivity contribution in [2.45, 2.75) is 51.5 Å². The average Bonchev–Trinajstić information content (AvgIpc) is 3.40. The average molecular weight is 428 g/mol. The van der Waals surface area contributed by atoms with Gasteiger partial charge in [0.25, 0.3) is 5.91 Å². The van der Waals surface area contributed by atoms with Crippen molar-refractivity contribution in [3.63, 3.8) is 0 Å². The topological polar surface area (TPSA) is 96.0 Å². The third-order valence-electron chi connectivity index (χ3n) is 6.57. The lowest BCUT2D eigenvalue weighted by atomic mass is 9.81. The number of amides is 3. The Morgan fingerprint density at radius 2 is 1.58 bits per heavy atom. The standard InChI is InChI=1S/C23H29N3O5/c1-15(26-21(28)18-6-2-3-7-19(18)22(26)29)23(30)31-14-20(27)24-16-8-10-17(11-9-16)25-12-4-5-13-25/h8-11,15,18-19H,2-7,12-14H2,1H3,(H,24,27)/t15-,18-,19-/m0/s1. The number of nitrogens with one attached hydrogen (secondary N) is 1. The number of esters is 1. The first-order chi connectivity index (χ1) is 15.0. The van der Waals surface area contributed by atoms with E-state index in [-0.39, 0.29) is 23.7 Å². The number of ether oxygens (including phenoxy) is 1. The van der Waals surface area contributed by atoms with E-state index in [4.69, 9.17) is 4.74 Å². The third-order valence-corrected chi connectivity index (χ3v) is 6.57. The van der Waals surface area contributed by atoms with E-state index < -0.39 is 24.5 Å². The number of likely N-dealkylation sites (tertiary alicyclic amines) is 1. The molecule has 8 heteroatoms. The molecule has 2 saturated heterocycles. The lowest BCUT2D eigenvalue weighted by molar-refractivity contribution is -0.159. The van der Waals surface area contributed by atoms with Crippen LogP contribution in [-0.4, -0.2) is 54.3 Å². The summed E-state index contributed by atoms with van der Waals surface area (Å²) in [7, 11) is 0. The van der Waals surface area contributed by atoms with Gasteiger partial charge in [-0.2, -0.15) is 0 Å². The maximum atomic E-state index is 12.6. The molecule has 3 atom stereocenters. The molecule has 4 rings (SSSR count). The number of carbonyl (C=O) groups excluding carboxylic acids is 4. The first-order valence-corrected chi connectivity index (χ1v) is 11.1. The fraction of sp³-hybridized carbons (Fsp3) is 0.565. The lowest BCUT2D eigenvalue weighted by Gasteiger charge is -2.21. The van der Waals surface area contributed by atoms with E-state index in [1.165, 1.54) is 19.8 Å². The molecule has 1 aromatic carbocycles. The Balaban J connectivity index is 1.27. The van der Waals surface area contributed by atoms with Gasteiger partial charge in [-0.1, -0.05) is 12.8 Å². The zero-order chi connectivity index (χ0) is 22.0. The van der Waals surface area contributed by atoms with E-state index in [2.05, 4.69) is 10.2 Å². The molecule has 0 bridgehead atoms. The lowest BCUT2D eigenvalue weighted by Crippen LogP contribution is -2.45. The van der Waals surface area contributed by atoms with Crippen LogP contribution in [-0.2, 0) is 23.9 Å². The second kappa shape index (κ2) is 9.08. The molecule has 3 aliphatic rings. The molecule has 3 amide bonds. The molecule has 1 aliphatic carbocycles. The van der Waals surface area contributed by atoms with Crippen LogP contribution in [0.3, 0.4) is 0 Å². The Bertz CT molecular complexity index is 838. The van der Waals surface area contributed by atoms with Gasteiger partial charge in [0.15, 0.2) is 6.61 Å². The summed E-state index contributed by atoms with van der Waals surface area (Å²) < 4.78 is 5.10. The van der Waals surface area contributed by atoms with Crippen LogP contribution in [0.1, 0.15) is 45.4 Å². The van der Waals surface area contributed by atoms with Gasteiger partial charge < -0.3 is 15.0 Å². The number of hydrogen-bond acceptors (Lipinski definition) is 6. The SMILES string of the molecule is C[C@@H](C(=O)OCC(=O)Nc1ccc(N2CCCC2)cc1)N1C(=O)[C@H]2CCCC[C@@H]2C1=O. The van der Waals surface area contributed by atoms with Crippen LogP contribution < -0.4 is 10.2 Å². The van der Waals surface area contributed by atoms with Crippen molar-refractivity contribution in [2.75, 3.05) is 29.9 Å². The highest BCUT2D eigenvalue weighted by molar-refractivity contribution is 6.08. The van der Waals surface area contributed by atoms with E-state index in [0.717, 1.165) is 36.5 Å². The minimum absolute atomic E-state index is 0.290. The van der Waals surface area contributed by atoms with E-state index in [9.17, 15) is 19.2 Å². The number of rotatable bonds is 6. The molecule has 1 N–H and O–H groups in total. The summed E-state index contributed by atoms with van der Waals surface area (Å²) in [4.78, 5) is 53.2. The molecule has 0 unspecified atom stereocenters. The highest BCUT2D eigenvalue weighted by Crippen LogP contribution is 2.38. The van der Waals surface area contributed by atoms with Crippen molar-refractivity contribution in [1.29, 1.82) is 0 Å². The van der Waals surface area contributed by atoms with Crippen molar-refractivity contribution < 1.29 is 23.9 Å². The third kappa shape index (κ3) is 4.43. The van der Waals surface area contributed by atoms with Crippen LogP contribution in [0.25, 0.3) is 0 Å². The second-order valence-electron chi connectivity index (χ2n) is 8.62. The number of benzene rings is 1. The molecular formula is C23H29N3O5. The zero-order valence-electron chi connectivity index (χ0n) is 17.8. The van der Waals surface area contributed by atoms with Gasteiger partial charge in [-0.15, -0.1) is 0 Å². The molecule has 0 aromatic heterocycles. The highest BCUT2D eigenvalue weighted by atomic mass is 16.5. The van der Waals surface area contributed by atoms with Crippen LogP contribution in [0.5, 0.6) is 0 Å². The molecule has 1 saturated carbocycles. The van der Waals surface area contributed by atoms with Gasteiger partial charge in [0, 0.05) is 24.5 Å².